The SMILES string of the molecule is CCOC(=O)/C=C/c1ccc(OCCN)c(OC)c1. The number of hydrogen-bond donors (Lipinski definition) is 1. The number of rotatable bonds is 7. The van der Waals surface area contributed by atoms with E-state index >= 15 is 0 Å². The van der Waals surface area contributed by atoms with Crippen molar-refractivity contribution in [2.75, 3.05) is 26.9 Å². The molecule has 0 aliphatic carbocycles. The van der Waals surface area contributed by atoms with Crippen molar-refractivity contribution >= 4 is 12.0 Å². The van der Waals surface area contributed by atoms with Crippen LogP contribution in [-0.2, 0) is 9.53 Å². The maximum absolute atomic E-state index is 11.2. The van der Waals surface area contributed by atoms with Crippen LogP contribution in [0.25, 0.3) is 6.08 Å². The van der Waals surface area contributed by atoms with Crippen molar-refractivity contribution in [1.82, 2.24) is 0 Å². The third-order valence-corrected chi connectivity index (χ3v) is 2.26. The number of methoxy groups -OCH3 is 1. The second-order valence-corrected chi connectivity index (χ2v) is 3.63. The number of carbonyl (C=O) groups is 1. The minimum atomic E-state index is -0.370. The van der Waals surface area contributed by atoms with E-state index in [1.54, 1.807) is 32.2 Å². The highest BCUT2D eigenvalue weighted by Gasteiger charge is 2.04. The first-order valence-corrected chi connectivity index (χ1v) is 6.07. The van der Waals surface area contributed by atoms with Crippen molar-refractivity contribution < 1.29 is 19.0 Å². The second-order valence-electron chi connectivity index (χ2n) is 3.63. The summed E-state index contributed by atoms with van der Waals surface area (Å²) in [6, 6.07) is 5.38. The van der Waals surface area contributed by atoms with Gasteiger partial charge in [-0.25, -0.2) is 4.79 Å². The Morgan fingerprint density at radius 1 is 1.37 bits per heavy atom. The number of carbonyl (C=O) groups excluding carboxylic acids is 1. The predicted molar refractivity (Wildman–Crippen MR) is 73.2 cm³/mol. The molecule has 0 amide bonds. The second kappa shape index (κ2) is 8.16. The van der Waals surface area contributed by atoms with Gasteiger partial charge in [0.1, 0.15) is 6.61 Å². The fourth-order valence-corrected chi connectivity index (χ4v) is 1.43. The summed E-state index contributed by atoms with van der Waals surface area (Å²) >= 11 is 0. The van der Waals surface area contributed by atoms with E-state index in [1.807, 2.05) is 6.07 Å². The summed E-state index contributed by atoms with van der Waals surface area (Å²) in [6.07, 6.45) is 3.03. The summed E-state index contributed by atoms with van der Waals surface area (Å²) in [6.45, 7) is 2.98. The van der Waals surface area contributed by atoms with Gasteiger partial charge < -0.3 is 19.9 Å². The molecule has 0 bridgehead atoms. The van der Waals surface area contributed by atoms with Crippen LogP contribution in [0.5, 0.6) is 11.5 Å². The molecule has 1 aromatic carbocycles. The Balaban J connectivity index is 2.78. The molecule has 0 unspecified atom stereocenters. The zero-order chi connectivity index (χ0) is 14.1. The molecular formula is C14H19NO4. The molecule has 0 radical (unpaired) electrons. The van der Waals surface area contributed by atoms with E-state index in [9.17, 15) is 4.79 Å². The molecule has 0 aliphatic rings. The molecule has 0 saturated heterocycles. The van der Waals surface area contributed by atoms with Gasteiger partial charge in [0.2, 0.25) is 0 Å². The highest BCUT2D eigenvalue weighted by atomic mass is 16.5. The smallest absolute Gasteiger partial charge is 0.330 e. The monoisotopic (exact) mass is 265 g/mol. The minimum Gasteiger partial charge on any atom is -0.493 e. The Bertz CT molecular complexity index is 443. The summed E-state index contributed by atoms with van der Waals surface area (Å²) < 4.78 is 15.5. The molecule has 0 fully saturated rings. The van der Waals surface area contributed by atoms with Gasteiger partial charge in [0.25, 0.3) is 0 Å². The van der Waals surface area contributed by atoms with Crippen LogP contribution in [0.15, 0.2) is 24.3 Å². The molecule has 19 heavy (non-hydrogen) atoms. The highest BCUT2D eigenvalue weighted by Crippen LogP contribution is 2.28. The van der Waals surface area contributed by atoms with Crippen molar-refractivity contribution in [2.24, 2.45) is 5.73 Å². The fourth-order valence-electron chi connectivity index (χ4n) is 1.43. The average Bonchev–Trinajstić information content (AvgIpc) is 2.43. The van der Waals surface area contributed by atoms with Crippen LogP contribution in [0.4, 0.5) is 0 Å². The molecule has 0 saturated carbocycles. The number of esters is 1. The number of benzene rings is 1. The van der Waals surface area contributed by atoms with Gasteiger partial charge in [0.15, 0.2) is 11.5 Å². The molecule has 5 nitrogen and oxygen atoms in total. The normalized spacial score (nSPS) is 10.5. The summed E-state index contributed by atoms with van der Waals surface area (Å²) in [5, 5.41) is 0. The van der Waals surface area contributed by atoms with Gasteiger partial charge in [-0.05, 0) is 30.7 Å². The molecule has 1 rings (SSSR count). The van der Waals surface area contributed by atoms with Gasteiger partial charge in [-0.3, -0.25) is 0 Å². The maximum Gasteiger partial charge on any atom is 0.330 e. The van der Waals surface area contributed by atoms with E-state index in [4.69, 9.17) is 19.9 Å². The van der Waals surface area contributed by atoms with E-state index in [1.165, 1.54) is 6.08 Å². The molecule has 0 aliphatic heterocycles. The van der Waals surface area contributed by atoms with Gasteiger partial charge in [0.05, 0.1) is 13.7 Å². The first-order valence-electron chi connectivity index (χ1n) is 6.07. The Hall–Kier alpha value is -2.01. The summed E-state index contributed by atoms with van der Waals surface area (Å²) in [5.41, 5.74) is 6.20. The molecule has 0 atom stereocenters. The lowest BCUT2D eigenvalue weighted by Crippen LogP contribution is -2.11. The molecule has 0 heterocycles. The fraction of sp³-hybridized carbons (Fsp3) is 0.357. The van der Waals surface area contributed by atoms with Crippen molar-refractivity contribution in [1.29, 1.82) is 0 Å². The molecule has 0 spiro atoms. The maximum atomic E-state index is 11.2. The van der Waals surface area contributed by atoms with Gasteiger partial charge in [0, 0.05) is 12.6 Å². The number of ether oxygens (including phenoxy) is 3. The predicted octanol–water partition coefficient (Wildman–Crippen LogP) is 1.61. The molecule has 1 aromatic rings. The quantitative estimate of drug-likeness (QED) is 0.599. The van der Waals surface area contributed by atoms with Crippen LogP contribution < -0.4 is 15.2 Å². The van der Waals surface area contributed by atoms with Crippen LogP contribution in [0.2, 0.25) is 0 Å². The average molecular weight is 265 g/mol. The van der Waals surface area contributed by atoms with Crippen molar-refractivity contribution in [3.63, 3.8) is 0 Å². The van der Waals surface area contributed by atoms with Crippen LogP contribution in [0.1, 0.15) is 12.5 Å². The molecular weight excluding hydrogens is 246 g/mol. The summed E-state index contributed by atoms with van der Waals surface area (Å²) in [4.78, 5) is 11.2. The third kappa shape index (κ3) is 5.01. The first-order chi connectivity index (χ1) is 9.21. The van der Waals surface area contributed by atoms with Gasteiger partial charge >= 0.3 is 5.97 Å². The van der Waals surface area contributed by atoms with Gasteiger partial charge in [-0.15, -0.1) is 0 Å². The third-order valence-electron chi connectivity index (χ3n) is 2.26. The Kier molecular flexibility index (Phi) is 6.46. The summed E-state index contributed by atoms with van der Waals surface area (Å²) in [5.74, 6) is 0.852. The molecule has 0 aromatic heterocycles. The van der Waals surface area contributed by atoms with Crippen molar-refractivity contribution in [3.8, 4) is 11.5 Å². The Morgan fingerprint density at radius 2 is 2.16 bits per heavy atom. The van der Waals surface area contributed by atoms with Gasteiger partial charge in [-0.1, -0.05) is 6.07 Å². The lowest BCUT2D eigenvalue weighted by Gasteiger charge is -2.10. The molecule has 2 N–H and O–H groups in total. The topological polar surface area (TPSA) is 70.8 Å². The largest absolute Gasteiger partial charge is 0.493 e. The van der Waals surface area contributed by atoms with Crippen molar-refractivity contribution in [3.05, 3.63) is 29.8 Å². The van der Waals surface area contributed by atoms with E-state index in [0.29, 0.717) is 31.3 Å². The lowest BCUT2D eigenvalue weighted by molar-refractivity contribution is -0.137. The highest BCUT2D eigenvalue weighted by molar-refractivity contribution is 5.87. The van der Waals surface area contributed by atoms with E-state index in [2.05, 4.69) is 0 Å². The summed E-state index contributed by atoms with van der Waals surface area (Å²) in [7, 11) is 1.56. The minimum absolute atomic E-state index is 0.359. The number of hydrogen-bond acceptors (Lipinski definition) is 5. The zero-order valence-corrected chi connectivity index (χ0v) is 11.2. The van der Waals surface area contributed by atoms with E-state index in [-0.39, 0.29) is 5.97 Å². The lowest BCUT2D eigenvalue weighted by atomic mass is 10.2. The standard InChI is InChI=1S/C14H19NO4/c1-3-18-14(16)7-5-11-4-6-12(19-9-8-15)13(10-11)17-2/h4-7,10H,3,8-9,15H2,1-2H3/b7-5+. The van der Waals surface area contributed by atoms with Crippen LogP contribution in [0.3, 0.4) is 0 Å². The van der Waals surface area contributed by atoms with E-state index < -0.39 is 0 Å². The van der Waals surface area contributed by atoms with Crippen LogP contribution >= 0.6 is 0 Å². The Morgan fingerprint density at radius 3 is 2.79 bits per heavy atom. The van der Waals surface area contributed by atoms with Crippen LogP contribution in [-0.4, -0.2) is 32.8 Å². The van der Waals surface area contributed by atoms with E-state index in [0.717, 1.165) is 5.56 Å². The Labute approximate surface area is 113 Å². The zero-order valence-electron chi connectivity index (χ0n) is 11.2. The molecule has 5 heteroatoms. The van der Waals surface area contributed by atoms with Crippen LogP contribution in [0, 0.1) is 0 Å². The van der Waals surface area contributed by atoms with Gasteiger partial charge in [-0.2, -0.15) is 0 Å². The number of nitrogens with two attached hydrogens (primary N) is 1. The molecule has 104 valence electrons. The first kappa shape index (κ1) is 15.0. The van der Waals surface area contributed by atoms with Crippen molar-refractivity contribution in [2.45, 2.75) is 6.92 Å².